The number of aromatic amines is 1. The van der Waals surface area contributed by atoms with Crippen molar-refractivity contribution in [1.29, 1.82) is 0 Å². The van der Waals surface area contributed by atoms with Crippen LogP contribution < -0.4 is 14.8 Å². The molecule has 0 spiro atoms. The molecule has 2 N–H and O–H groups in total. The standard InChI is InChI=1S/C17H18N2O2/c1-20-14-5-6-17(21-2)16(10-14)19-11-12-3-4-13-7-8-18-15(13)9-12/h3-10,18-19H,11H2,1-2H3. The number of hydrogen-bond donors (Lipinski definition) is 2. The normalized spacial score (nSPS) is 10.6. The molecule has 0 aliphatic heterocycles. The Bertz CT molecular complexity index is 749. The van der Waals surface area contributed by atoms with Gasteiger partial charge in [0, 0.05) is 24.3 Å². The predicted octanol–water partition coefficient (Wildman–Crippen LogP) is 3.80. The second kappa shape index (κ2) is 5.79. The Morgan fingerprint density at radius 2 is 1.90 bits per heavy atom. The van der Waals surface area contributed by atoms with Crippen molar-refractivity contribution in [2.24, 2.45) is 0 Å². The Balaban J connectivity index is 1.80. The summed E-state index contributed by atoms with van der Waals surface area (Å²) in [5.41, 5.74) is 3.27. The van der Waals surface area contributed by atoms with Crippen molar-refractivity contribution in [3.8, 4) is 11.5 Å². The average Bonchev–Trinajstić information content (AvgIpc) is 3.00. The zero-order chi connectivity index (χ0) is 14.7. The zero-order valence-electron chi connectivity index (χ0n) is 12.1. The van der Waals surface area contributed by atoms with Crippen LogP contribution in [-0.4, -0.2) is 19.2 Å². The lowest BCUT2D eigenvalue weighted by atomic mass is 10.1. The van der Waals surface area contributed by atoms with E-state index in [1.807, 2.05) is 24.4 Å². The van der Waals surface area contributed by atoms with Gasteiger partial charge in [0.15, 0.2) is 0 Å². The van der Waals surface area contributed by atoms with E-state index in [1.165, 1.54) is 10.9 Å². The minimum atomic E-state index is 0.721. The molecule has 0 unspecified atom stereocenters. The smallest absolute Gasteiger partial charge is 0.142 e. The van der Waals surface area contributed by atoms with Crippen LogP contribution in [0.5, 0.6) is 11.5 Å². The number of H-pyrrole nitrogens is 1. The van der Waals surface area contributed by atoms with Crippen molar-refractivity contribution in [3.63, 3.8) is 0 Å². The molecule has 108 valence electrons. The van der Waals surface area contributed by atoms with E-state index in [1.54, 1.807) is 14.2 Å². The number of ether oxygens (including phenoxy) is 2. The van der Waals surface area contributed by atoms with E-state index in [0.29, 0.717) is 0 Å². The lowest BCUT2D eigenvalue weighted by molar-refractivity contribution is 0.404. The fraction of sp³-hybridized carbons (Fsp3) is 0.176. The number of anilines is 1. The van der Waals surface area contributed by atoms with Gasteiger partial charge in [0.1, 0.15) is 11.5 Å². The summed E-state index contributed by atoms with van der Waals surface area (Å²) < 4.78 is 10.6. The quantitative estimate of drug-likeness (QED) is 0.748. The Morgan fingerprint density at radius 1 is 1.00 bits per heavy atom. The van der Waals surface area contributed by atoms with Crippen LogP contribution in [0.25, 0.3) is 10.9 Å². The summed E-state index contributed by atoms with van der Waals surface area (Å²) in [6.45, 7) is 0.721. The number of hydrogen-bond acceptors (Lipinski definition) is 3. The molecule has 4 nitrogen and oxygen atoms in total. The largest absolute Gasteiger partial charge is 0.497 e. The van der Waals surface area contributed by atoms with Crippen molar-refractivity contribution >= 4 is 16.6 Å². The number of rotatable bonds is 5. The summed E-state index contributed by atoms with van der Waals surface area (Å²) >= 11 is 0. The molecule has 21 heavy (non-hydrogen) atoms. The molecule has 3 rings (SSSR count). The van der Waals surface area contributed by atoms with Gasteiger partial charge in [0.2, 0.25) is 0 Å². The third-order valence-corrected chi connectivity index (χ3v) is 3.51. The number of fused-ring (bicyclic) bond motifs is 1. The summed E-state index contributed by atoms with van der Waals surface area (Å²) in [5.74, 6) is 1.61. The first-order chi connectivity index (χ1) is 10.3. The molecule has 0 aliphatic rings. The molecule has 0 atom stereocenters. The van der Waals surface area contributed by atoms with E-state index in [4.69, 9.17) is 9.47 Å². The van der Waals surface area contributed by atoms with Gasteiger partial charge >= 0.3 is 0 Å². The minimum absolute atomic E-state index is 0.721. The molecule has 1 aromatic heterocycles. The second-order valence-electron chi connectivity index (χ2n) is 4.82. The van der Waals surface area contributed by atoms with Crippen LogP contribution in [0.1, 0.15) is 5.56 Å². The van der Waals surface area contributed by atoms with Crippen LogP contribution in [0.15, 0.2) is 48.7 Å². The van der Waals surface area contributed by atoms with Crippen LogP contribution in [0.4, 0.5) is 5.69 Å². The van der Waals surface area contributed by atoms with Gasteiger partial charge in [-0.2, -0.15) is 0 Å². The zero-order valence-corrected chi connectivity index (χ0v) is 12.1. The lowest BCUT2D eigenvalue weighted by Crippen LogP contribution is -2.01. The molecule has 1 heterocycles. The van der Waals surface area contributed by atoms with Crippen LogP contribution in [0.2, 0.25) is 0 Å². The van der Waals surface area contributed by atoms with Gasteiger partial charge in [-0.3, -0.25) is 0 Å². The summed E-state index contributed by atoms with van der Waals surface area (Å²) in [6, 6.07) is 14.2. The monoisotopic (exact) mass is 282 g/mol. The van der Waals surface area contributed by atoms with Crippen molar-refractivity contribution in [1.82, 2.24) is 4.98 Å². The third-order valence-electron chi connectivity index (χ3n) is 3.51. The Hall–Kier alpha value is -2.62. The number of nitrogens with one attached hydrogen (secondary N) is 2. The fourth-order valence-corrected chi connectivity index (χ4v) is 2.35. The average molecular weight is 282 g/mol. The fourth-order valence-electron chi connectivity index (χ4n) is 2.35. The van der Waals surface area contributed by atoms with Gasteiger partial charge in [-0.1, -0.05) is 12.1 Å². The van der Waals surface area contributed by atoms with Crippen LogP contribution >= 0.6 is 0 Å². The molecule has 0 amide bonds. The molecule has 0 aliphatic carbocycles. The third kappa shape index (κ3) is 2.79. The first-order valence-corrected chi connectivity index (χ1v) is 6.82. The van der Waals surface area contributed by atoms with E-state index in [9.17, 15) is 0 Å². The predicted molar refractivity (Wildman–Crippen MR) is 85.2 cm³/mol. The Morgan fingerprint density at radius 3 is 2.71 bits per heavy atom. The van der Waals surface area contributed by atoms with Gasteiger partial charge in [-0.05, 0) is 35.2 Å². The minimum Gasteiger partial charge on any atom is -0.497 e. The van der Waals surface area contributed by atoms with Crippen molar-refractivity contribution in [3.05, 3.63) is 54.2 Å². The van der Waals surface area contributed by atoms with E-state index in [2.05, 4.69) is 34.6 Å². The van der Waals surface area contributed by atoms with Gasteiger partial charge in [0.25, 0.3) is 0 Å². The number of methoxy groups -OCH3 is 2. The highest BCUT2D eigenvalue weighted by molar-refractivity contribution is 5.80. The molecule has 0 radical (unpaired) electrons. The lowest BCUT2D eigenvalue weighted by Gasteiger charge is -2.12. The van der Waals surface area contributed by atoms with E-state index in [-0.39, 0.29) is 0 Å². The molecule has 0 bridgehead atoms. The molecular formula is C17H18N2O2. The topological polar surface area (TPSA) is 46.3 Å². The van der Waals surface area contributed by atoms with Gasteiger partial charge in [-0.25, -0.2) is 0 Å². The van der Waals surface area contributed by atoms with Crippen LogP contribution in [0, 0.1) is 0 Å². The first-order valence-electron chi connectivity index (χ1n) is 6.82. The molecule has 0 fully saturated rings. The highest BCUT2D eigenvalue weighted by Gasteiger charge is 2.05. The van der Waals surface area contributed by atoms with E-state index in [0.717, 1.165) is 29.2 Å². The van der Waals surface area contributed by atoms with Crippen LogP contribution in [-0.2, 0) is 6.54 Å². The highest BCUT2D eigenvalue weighted by Crippen LogP contribution is 2.29. The van der Waals surface area contributed by atoms with E-state index >= 15 is 0 Å². The maximum absolute atomic E-state index is 5.37. The maximum atomic E-state index is 5.37. The SMILES string of the molecule is COc1ccc(OC)c(NCc2ccc3cc[nH]c3c2)c1. The Kier molecular flexibility index (Phi) is 3.69. The summed E-state index contributed by atoms with van der Waals surface area (Å²) in [5, 5.41) is 4.61. The summed E-state index contributed by atoms with van der Waals surface area (Å²) in [6.07, 6.45) is 1.95. The molecular weight excluding hydrogens is 264 g/mol. The van der Waals surface area contributed by atoms with Gasteiger partial charge in [0.05, 0.1) is 19.9 Å². The summed E-state index contributed by atoms with van der Waals surface area (Å²) in [7, 11) is 3.32. The van der Waals surface area contributed by atoms with Crippen molar-refractivity contribution in [2.75, 3.05) is 19.5 Å². The Labute approximate surface area is 123 Å². The van der Waals surface area contributed by atoms with Crippen molar-refractivity contribution < 1.29 is 9.47 Å². The van der Waals surface area contributed by atoms with Gasteiger partial charge in [-0.15, -0.1) is 0 Å². The summed E-state index contributed by atoms with van der Waals surface area (Å²) in [4.78, 5) is 3.23. The number of benzene rings is 2. The van der Waals surface area contributed by atoms with Gasteiger partial charge < -0.3 is 19.8 Å². The second-order valence-corrected chi connectivity index (χ2v) is 4.82. The maximum Gasteiger partial charge on any atom is 0.142 e. The van der Waals surface area contributed by atoms with Crippen LogP contribution in [0.3, 0.4) is 0 Å². The number of aromatic nitrogens is 1. The molecule has 3 aromatic rings. The molecule has 4 heteroatoms. The molecule has 0 saturated carbocycles. The first kappa shape index (κ1) is 13.4. The van der Waals surface area contributed by atoms with E-state index < -0.39 is 0 Å². The molecule has 0 saturated heterocycles. The highest BCUT2D eigenvalue weighted by atomic mass is 16.5. The molecule has 2 aromatic carbocycles. The van der Waals surface area contributed by atoms with Crippen molar-refractivity contribution in [2.45, 2.75) is 6.54 Å².